The van der Waals surface area contributed by atoms with E-state index in [2.05, 4.69) is 4.74 Å². The molecule has 96 valence electrons. The molecule has 0 fully saturated rings. The van der Waals surface area contributed by atoms with Gasteiger partial charge in [-0.05, 0) is 6.92 Å². The van der Waals surface area contributed by atoms with Crippen LogP contribution in [0, 0.1) is 23.3 Å². The lowest BCUT2D eigenvalue weighted by Gasteiger charge is -2.21. The van der Waals surface area contributed by atoms with Gasteiger partial charge in [0, 0.05) is 12.6 Å². The summed E-state index contributed by atoms with van der Waals surface area (Å²) < 4.78 is 56.3. The van der Waals surface area contributed by atoms with E-state index in [1.54, 1.807) is 0 Å². The first-order valence-corrected chi connectivity index (χ1v) is 4.67. The molecule has 0 saturated carbocycles. The van der Waals surface area contributed by atoms with Crippen LogP contribution in [0.4, 0.5) is 17.6 Å². The van der Waals surface area contributed by atoms with Crippen LogP contribution in [0.25, 0.3) is 0 Å². The molecular weight excluding hydrogens is 242 g/mol. The van der Waals surface area contributed by atoms with Crippen molar-refractivity contribution in [2.45, 2.75) is 12.5 Å². The second-order valence-electron chi connectivity index (χ2n) is 3.79. The number of aliphatic hydroxyl groups is 1. The van der Waals surface area contributed by atoms with Crippen molar-refractivity contribution in [2.24, 2.45) is 5.73 Å². The number of halogens is 4. The molecule has 0 spiro atoms. The zero-order valence-electron chi connectivity index (χ0n) is 8.94. The van der Waals surface area contributed by atoms with Crippen molar-refractivity contribution in [1.29, 1.82) is 0 Å². The number of rotatable bonds is 4. The first-order valence-electron chi connectivity index (χ1n) is 4.67. The molecule has 1 aromatic rings. The summed E-state index contributed by atoms with van der Waals surface area (Å²) in [6.45, 7) is 0.409. The van der Waals surface area contributed by atoms with E-state index in [1.807, 2.05) is 0 Å². The van der Waals surface area contributed by atoms with Crippen molar-refractivity contribution in [3.8, 4) is 5.75 Å². The molecule has 1 atom stereocenters. The molecular formula is C10H11F4NO2. The normalized spacial score (nSPS) is 14.5. The summed E-state index contributed by atoms with van der Waals surface area (Å²) in [4.78, 5) is 0. The quantitative estimate of drug-likeness (QED) is 0.628. The lowest BCUT2D eigenvalue weighted by molar-refractivity contribution is 0.0164. The Morgan fingerprint density at radius 1 is 1.24 bits per heavy atom. The predicted octanol–water partition coefficient (Wildman–Crippen LogP) is 1.33. The number of hydrogen-bond acceptors (Lipinski definition) is 3. The van der Waals surface area contributed by atoms with Crippen molar-refractivity contribution in [3.05, 3.63) is 29.3 Å². The van der Waals surface area contributed by atoms with Gasteiger partial charge in [0.05, 0.1) is 0 Å². The number of nitrogens with two attached hydrogens (primary N) is 1. The first-order chi connectivity index (χ1) is 7.78. The van der Waals surface area contributed by atoms with Gasteiger partial charge in [0.2, 0.25) is 11.6 Å². The van der Waals surface area contributed by atoms with E-state index in [9.17, 15) is 22.7 Å². The highest BCUT2D eigenvalue weighted by Crippen LogP contribution is 2.26. The molecule has 0 aliphatic carbocycles. The summed E-state index contributed by atoms with van der Waals surface area (Å²) in [7, 11) is 0. The van der Waals surface area contributed by atoms with Crippen molar-refractivity contribution >= 4 is 0 Å². The summed E-state index contributed by atoms with van der Waals surface area (Å²) in [5, 5.41) is 9.42. The Kier molecular flexibility index (Phi) is 3.94. The maximum Gasteiger partial charge on any atom is 0.203 e. The third-order valence-electron chi connectivity index (χ3n) is 2.04. The molecule has 0 amide bonds. The third kappa shape index (κ3) is 3.07. The first kappa shape index (κ1) is 13.7. The Bertz CT molecular complexity index is 397. The van der Waals surface area contributed by atoms with E-state index in [-0.39, 0.29) is 12.6 Å². The highest BCUT2D eigenvalue weighted by Gasteiger charge is 2.24. The van der Waals surface area contributed by atoms with Crippen LogP contribution in [-0.2, 0) is 0 Å². The smallest absolute Gasteiger partial charge is 0.203 e. The van der Waals surface area contributed by atoms with Gasteiger partial charge in [-0.15, -0.1) is 0 Å². The van der Waals surface area contributed by atoms with Crippen LogP contribution in [-0.4, -0.2) is 23.9 Å². The summed E-state index contributed by atoms with van der Waals surface area (Å²) in [6, 6.07) is 0.0681. The van der Waals surface area contributed by atoms with Crippen LogP contribution in [0.2, 0.25) is 0 Å². The van der Waals surface area contributed by atoms with Crippen molar-refractivity contribution in [1.82, 2.24) is 0 Å². The molecule has 3 nitrogen and oxygen atoms in total. The molecule has 0 heterocycles. The van der Waals surface area contributed by atoms with E-state index in [4.69, 9.17) is 5.73 Å². The van der Waals surface area contributed by atoms with Crippen molar-refractivity contribution in [2.75, 3.05) is 13.2 Å². The van der Waals surface area contributed by atoms with Gasteiger partial charge in [0.1, 0.15) is 12.2 Å². The molecule has 0 radical (unpaired) electrons. The van der Waals surface area contributed by atoms with Crippen LogP contribution in [0.1, 0.15) is 6.92 Å². The number of hydrogen-bond donors (Lipinski definition) is 2. The van der Waals surface area contributed by atoms with E-state index in [0.717, 1.165) is 0 Å². The van der Waals surface area contributed by atoms with E-state index in [0.29, 0.717) is 0 Å². The van der Waals surface area contributed by atoms with Crippen LogP contribution < -0.4 is 10.5 Å². The molecule has 3 N–H and O–H groups in total. The minimum Gasteiger partial charge on any atom is -0.484 e. The fourth-order valence-corrected chi connectivity index (χ4v) is 0.965. The van der Waals surface area contributed by atoms with Gasteiger partial charge in [-0.1, -0.05) is 0 Å². The monoisotopic (exact) mass is 253 g/mol. The SMILES string of the molecule is CC(O)(CN)COc1c(F)c(F)cc(F)c1F. The second kappa shape index (κ2) is 4.89. The molecule has 1 rings (SSSR count). The fraction of sp³-hybridized carbons (Fsp3) is 0.400. The lowest BCUT2D eigenvalue weighted by Crippen LogP contribution is -2.40. The Hall–Kier alpha value is -1.34. The third-order valence-corrected chi connectivity index (χ3v) is 2.04. The fourth-order valence-electron chi connectivity index (χ4n) is 0.965. The molecule has 0 aromatic heterocycles. The standard InChI is InChI=1S/C10H11F4NO2/c1-10(16,3-15)4-17-9-7(13)5(11)2-6(12)8(9)14/h2,16H,3-4,15H2,1H3. The minimum absolute atomic E-state index is 0.0681. The van der Waals surface area contributed by atoms with Crippen LogP contribution in [0.5, 0.6) is 5.75 Å². The highest BCUT2D eigenvalue weighted by molar-refractivity contribution is 5.28. The van der Waals surface area contributed by atoms with Crippen molar-refractivity contribution < 1.29 is 27.4 Å². The lowest BCUT2D eigenvalue weighted by atomic mass is 10.1. The van der Waals surface area contributed by atoms with E-state index < -0.39 is 41.2 Å². The van der Waals surface area contributed by atoms with E-state index >= 15 is 0 Å². The summed E-state index contributed by atoms with van der Waals surface area (Å²) in [6.07, 6.45) is 0. The van der Waals surface area contributed by atoms with Crippen LogP contribution in [0.15, 0.2) is 6.07 Å². The Labute approximate surface area is 94.8 Å². The topological polar surface area (TPSA) is 55.5 Å². The average molecular weight is 253 g/mol. The number of benzene rings is 1. The van der Waals surface area contributed by atoms with Gasteiger partial charge >= 0.3 is 0 Å². The summed E-state index contributed by atoms with van der Waals surface area (Å²) in [5.74, 6) is -7.68. The van der Waals surface area contributed by atoms with Crippen LogP contribution >= 0.6 is 0 Å². The van der Waals surface area contributed by atoms with Gasteiger partial charge in [-0.2, -0.15) is 8.78 Å². The van der Waals surface area contributed by atoms with Gasteiger partial charge in [0.15, 0.2) is 17.4 Å². The Balaban J connectivity index is 2.99. The molecule has 1 unspecified atom stereocenters. The van der Waals surface area contributed by atoms with Gasteiger partial charge in [0.25, 0.3) is 0 Å². The Morgan fingerprint density at radius 2 is 1.71 bits per heavy atom. The maximum atomic E-state index is 13.1. The molecule has 0 bridgehead atoms. The van der Waals surface area contributed by atoms with Gasteiger partial charge in [-0.3, -0.25) is 0 Å². The van der Waals surface area contributed by atoms with E-state index in [1.165, 1.54) is 6.92 Å². The molecule has 0 aliphatic rings. The zero-order valence-corrected chi connectivity index (χ0v) is 8.94. The largest absolute Gasteiger partial charge is 0.484 e. The summed E-state index contributed by atoms with van der Waals surface area (Å²) >= 11 is 0. The zero-order chi connectivity index (χ0) is 13.2. The van der Waals surface area contributed by atoms with Crippen molar-refractivity contribution in [3.63, 3.8) is 0 Å². The molecule has 17 heavy (non-hydrogen) atoms. The predicted molar refractivity (Wildman–Crippen MR) is 51.4 cm³/mol. The molecule has 0 saturated heterocycles. The Morgan fingerprint density at radius 3 is 2.12 bits per heavy atom. The highest BCUT2D eigenvalue weighted by atomic mass is 19.2. The average Bonchev–Trinajstić information content (AvgIpc) is 2.26. The number of ether oxygens (including phenoxy) is 1. The summed E-state index contributed by atoms with van der Waals surface area (Å²) in [5.41, 5.74) is 3.59. The molecule has 0 aliphatic heterocycles. The second-order valence-corrected chi connectivity index (χ2v) is 3.79. The van der Waals surface area contributed by atoms with Gasteiger partial charge in [-0.25, -0.2) is 8.78 Å². The van der Waals surface area contributed by atoms with Crippen LogP contribution in [0.3, 0.4) is 0 Å². The molecule has 1 aromatic carbocycles. The molecule has 7 heteroatoms. The van der Waals surface area contributed by atoms with Gasteiger partial charge < -0.3 is 15.6 Å². The minimum atomic E-state index is -1.66. The maximum absolute atomic E-state index is 13.1.